The Balaban J connectivity index is 1.91. The highest BCUT2D eigenvalue weighted by atomic mass is 32.1. The second kappa shape index (κ2) is 9.32. The van der Waals surface area contributed by atoms with Gasteiger partial charge in [-0.3, -0.25) is 19.4 Å². The molecule has 0 aliphatic carbocycles. The van der Waals surface area contributed by atoms with Gasteiger partial charge in [0.25, 0.3) is 11.8 Å². The molecular formula is C26H24N2O3S. The highest BCUT2D eigenvalue weighted by Crippen LogP contribution is 2.33. The minimum Gasteiger partial charge on any atom is -0.493 e. The Morgan fingerprint density at radius 1 is 0.906 bits per heavy atom. The molecule has 0 spiro atoms. The zero-order valence-corrected chi connectivity index (χ0v) is 18.9. The molecule has 2 amide bonds. The van der Waals surface area contributed by atoms with Crippen LogP contribution in [0.1, 0.15) is 25.8 Å². The third-order valence-electron chi connectivity index (χ3n) is 5.31. The highest BCUT2D eigenvalue weighted by molar-refractivity contribution is 7.80. The van der Waals surface area contributed by atoms with E-state index in [9.17, 15) is 9.59 Å². The van der Waals surface area contributed by atoms with Gasteiger partial charge in [-0.1, -0.05) is 55.5 Å². The Morgan fingerprint density at radius 2 is 1.62 bits per heavy atom. The molecule has 5 nitrogen and oxygen atoms in total. The molecule has 3 aromatic carbocycles. The van der Waals surface area contributed by atoms with Crippen LogP contribution in [0.3, 0.4) is 0 Å². The van der Waals surface area contributed by atoms with E-state index in [0.717, 1.165) is 10.8 Å². The van der Waals surface area contributed by atoms with Crippen LogP contribution in [-0.4, -0.2) is 35.0 Å². The third-order valence-corrected chi connectivity index (χ3v) is 5.72. The number of fused-ring (bicyclic) bond motifs is 1. The average molecular weight is 445 g/mol. The van der Waals surface area contributed by atoms with Gasteiger partial charge in [-0.2, -0.15) is 0 Å². The van der Waals surface area contributed by atoms with Gasteiger partial charge in [0.05, 0.1) is 12.3 Å². The minimum atomic E-state index is -0.436. The molecule has 0 N–H and O–H groups in total. The third kappa shape index (κ3) is 3.89. The average Bonchev–Trinajstić information content (AvgIpc) is 2.81. The van der Waals surface area contributed by atoms with Gasteiger partial charge >= 0.3 is 0 Å². The number of hydrogen-bond donors (Lipinski definition) is 0. The Hall–Kier alpha value is -3.51. The summed E-state index contributed by atoms with van der Waals surface area (Å²) in [6.07, 6.45) is 2.37. The van der Waals surface area contributed by atoms with Crippen LogP contribution >= 0.6 is 12.2 Å². The maximum absolute atomic E-state index is 13.6. The number of ether oxygens (including phenoxy) is 1. The summed E-state index contributed by atoms with van der Waals surface area (Å²) in [5.41, 5.74) is 1.40. The van der Waals surface area contributed by atoms with Crippen LogP contribution in [0.25, 0.3) is 16.8 Å². The van der Waals surface area contributed by atoms with Crippen molar-refractivity contribution in [2.24, 2.45) is 0 Å². The fourth-order valence-electron chi connectivity index (χ4n) is 3.85. The molecule has 32 heavy (non-hydrogen) atoms. The molecule has 3 aromatic rings. The quantitative estimate of drug-likeness (QED) is 0.298. The largest absolute Gasteiger partial charge is 0.493 e. The van der Waals surface area contributed by atoms with Gasteiger partial charge in [0.2, 0.25) is 0 Å². The molecule has 1 fully saturated rings. The van der Waals surface area contributed by atoms with E-state index in [1.54, 1.807) is 6.08 Å². The van der Waals surface area contributed by atoms with Crippen LogP contribution in [-0.2, 0) is 9.59 Å². The van der Waals surface area contributed by atoms with Crippen molar-refractivity contribution in [2.75, 3.05) is 18.1 Å². The highest BCUT2D eigenvalue weighted by Gasteiger charge is 2.40. The number of nitrogens with zero attached hydrogens (tertiary/aromatic N) is 2. The van der Waals surface area contributed by atoms with E-state index in [1.165, 1.54) is 9.80 Å². The Bertz CT molecular complexity index is 1220. The Morgan fingerprint density at radius 3 is 2.34 bits per heavy atom. The maximum atomic E-state index is 13.6. The molecule has 162 valence electrons. The van der Waals surface area contributed by atoms with Crippen molar-refractivity contribution >= 4 is 51.7 Å². The first kappa shape index (κ1) is 21.7. The van der Waals surface area contributed by atoms with Gasteiger partial charge in [0.1, 0.15) is 11.3 Å². The second-order valence-electron chi connectivity index (χ2n) is 7.41. The molecule has 0 radical (unpaired) electrons. The van der Waals surface area contributed by atoms with Gasteiger partial charge in [-0.25, -0.2) is 0 Å². The minimum absolute atomic E-state index is 0.0632. The summed E-state index contributed by atoms with van der Waals surface area (Å²) in [4.78, 5) is 29.9. The zero-order valence-electron chi connectivity index (χ0n) is 18.1. The summed E-state index contributed by atoms with van der Waals surface area (Å²) in [5, 5.41) is 2.11. The summed E-state index contributed by atoms with van der Waals surface area (Å²) in [5.74, 6) is -0.195. The molecule has 6 heteroatoms. The van der Waals surface area contributed by atoms with Crippen molar-refractivity contribution in [3.8, 4) is 5.75 Å². The molecule has 1 aliphatic heterocycles. The molecular weight excluding hydrogens is 420 g/mol. The summed E-state index contributed by atoms with van der Waals surface area (Å²) in [7, 11) is 0. The monoisotopic (exact) mass is 444 g/mol. The summed E-state index contributed by atoms with van der Waals surface area (Å²) >= 11 is 5.57. The van der Waals surface area contributed by atoms with E-state index in [0.29, 0.717) is 36.6 Å². The number of benzene rings is 3. The molecule has 4 rings (SSSR count). The first-order valence-corrected chi connectivity index (χ1v) is 11.1. The molecule has 0 unspecified atom stereocenters. The predicted molar refractivity (Wildman–Crippen MR) is 132 cm³/mol. The van der Waals surface area contributed by atoms with E-state index in [1.807, 2.05) is 80.6 Å². The lowest BCUT2D eigenvalue weighted by molar-refractivity contribution is -0.127. The first-order chi connectivity index (χ1) is 15.6. The van der Waals surface area contributed by atoms with Crippen LogP contribution < -0.4 is 9.64 Å². The number of anilines is 1. The standard InChI is InChI=1S/C26H24N2O3S/c1-3-16-27-24(29)22(25(30)28(26(27)32)19-11-6-5-7-12-19)17-21-20-13-9-8-10-18(20)14-15-23(21)31-4-2/h5-15,17H,3-4,16H2,1-2H3/b22-17+. The molecule has 1 heterocycles. The summed E-state index contributed by atoms with van der Waals surface area (Å²) in [6.45, 7) is 4.78. The van der Waals surface area contributed by atoms with E-state index in [-0.39, 0.29) is 16.6 Å². The zero-order chi connectivity index (χ0) is 22.7. The molecule has 0 atom stereocenters. The van der Waals surface area contributed by atoms with Crippen LogP contribution in [0.15, 0.2) is 72.3 Å². The van der Waals surface area contributed by atoms with Crippen LogP contribution in [0, 0.1) is 0 Å². The lowest BCUT2D eigenvalue weighted by Gasteiger charge is -2.36. The topological polar surface area (TPSA) is 49.9 Å². The maximum Gasteiger partial charge on any atom is 0.270 e. The van der Waals surface area contributed by atoms with Crippen LogP contribution in [0.4, 0.5) is 5.69 Å². The molecule has 1 saturated heterocycles. The van der Waals surface area contributed by atoms with Crippen molar-refractivity contribution in [1.82, 2.24) is 4.90 Å². The van der Waals surface area contributed by atoms with Crippen molar-refractivity contribution in [3.05, 3.63) is 77.9 Å². The number of rotatable bonds is 6. The molecule has 1 aliphatic rings. The Labute approximate surface area is 192 Å². The van der Waals surface area contributed by atoms with E-state index >= 15 is 0 Å². The normalized spacial score (nSPS) is 15.7. The van der Waals surface area contributed by atoms with Gasteiger partial charge in [0, 0.05) is 12.1 Å². The molecule has 0 saturated carbocycles. The number of thiocarbonyl (C=S) groups is 1. The fourth-order valence-corrected chi connectivity index (χ4v) is 4.21. The van der Waals surface area contributed by atoms with Crippen molar-refractivity contribution < 1.29 is 14.3 Å². The van der Waals surface area contributed by atoms with Crippen molar-refractivity contribution in [2.45, 2.75) is 20.3 Å². The van der Waals surface area contributed by atoms with Gasteiger partial charge < -0.3 is 4.74 Å². The van der Waals surface area contributed by atoms with Gasteiger partial charge in [0.15, 0.2) is 5.11 Å². The lowest BCUT2D eigenvalue weighted by Crippen LogP contribution is -2.56. The van der Waals surface area contributed by atoms with E-state index in [2.05, 4.69) is 0 Å². The van der Waals surface area contributed by atoms with Crippen molar-refractivity contribution in [1.29, 1.82) is 0 Å². The fraction of sp³-hybridized carbons (Fsp3) is 0.192. The van der Waals surface area contributed by atoms with Crippen molar-refractivity contribution in [3.63, 3.8) is 0 Å². The van der Waals surface area contributed by atoms with Gasteiger partial charge in [-0.05, 0) is 60.6 Å². The smallest absolute Gasteiger partial charge is 0.270 e. The second-order valence-corrected chi connectivity index (χ2v) is 7.77. The number of carbonyl (C=O) groups excluding carboxylic acids is 2. The SMILES string of the molecule is CCCN1C(=O)/C(=C\c2c(OCC)ccc3ccccc23)C(=O)N(c2ccccc2)C1=S. The number of carbonyl (C=O) groups is 2. The van der Waals surface area contributed by atoms with Crippen LogP contribution in [0.2, 0.25) is 0 Å². The van der Waals surface area contributed by atoms with Crippen LogP contribution in [0.5, 0.6) is 5.75 Å². The number of para-hydroxylation sites is 1. The Kier molecular flexibility index (Phi) is 6.32. The first-order valence-electron chi connectivity index (χ1n) is 10.7. The summed E-state index contributed by atoms with van der Waals surface area (Å²) < 4.78 is 5.84. The predicted octanol–water partition coefficient (Wildman–Crippen LogP) is 5.19. The lowest BCUT2D eigenvalue weighted by atomic mass is 9.99. The van der Waals surface area contributed by atoms with E-state index < -0.39 is 5.91 Å². The molecule has 0 aromatic heterocycles. The number of hydrogen-bond acceptors (Lipinski definition) is 4. The molecule has 0 bridgehead atoms. The van der Waals surface area contributed by atoms with E-state index in [4.69, 9.17) is 17.0 Å². The van der Waals surface area contributed by atoms with Gasteiger partial charge in [-0.15, -0.1) is 0 Å². The summed E-state index contributed by atoms with van der Waals surface area (Å²) in [6, 6.07) is 20.9. The number of amides is 2.